The normalized spacial score (nSPS) is 21.2. The number of amides is 1. The topological polar surface area (TPSA) is 72.5 Å². The van der Waals surface area contributed by atoms with Crippen molar-refractivity contribution >= 4 is 15.6 Å². The zero-order chi connectivity index (χ0) is 9.41. The number of carbonyl (C=O) groups excluding carboxylic acids is 1. The Labute approximate surface area is 72.7 Å². The summed E-state index contributed by atoms with van der Waals surface area (Å²) in [5.41, 5.74) is 4.89. The minimum Gasteiger partial charge on any atom is -0.317 e. The lowest BCUT2D eigenvalue weighted by Gasteiger charge is -2.34. The van der Waals surface area contributed by atoms with Gasteiger partial charge in [-0.15, -0.1) is 0 Å². The summed E-state index contributed by atoms with van der Waals surface area (Å²) in [6.45, 7) is 0. The number of rotatable bonds is 1. The van der Waals surface area contributed by atoms with Gasteiger partial charge < -0.3 is 5.73 Å². The Morgan fingerprint density at radius 3 is 2.25 bits per heavy atom. The molecule has 12 heavy (non-hydrogen) atoms. The summed E-state index contributed by atoms with van der Waals surface area (Å²) in [6, 6.07) is 0. The van der Waals surface area contributed by atoms with Crippen LogP contribution in [0.2, 0.25) is 0 Å². The molecule has 1 rings (SSSR count). The van der Waals surface area contributed by atoms with Crippen LogP contribution in [0.5, 0.6) is 0 Å². The summed E-state index contributed by atoms with van der Waals surface area (Å²) in [5, 5.41) is 0. The van der Waals surface area contributed by atoms with Crippen LogP contribution in [0.15, 0.2) is 4.36 Å². The van der Waals surface area contributed by atoms with Crippen molar-refractivity contribution in [2.75, 3.05) is 12.5 Å². The van der Waals surface area contributed by atoms with Crippen LogP contribution < -0.4 is 5.73 Å². The molecule has 0 aromatic heterocycles. The Kier molecular flexibility index (Phi) is 2.27. The maximum atomic E-state index is 11.3. The summed E-state index contributed by atoms with van der Waals surface area (Å²) >= 11 is 0. The second-order valence-electron chi connectivity index (χ2n) is 3.59. The molecule has 0 unspecified atom stereocenters. The SMILES string of the molecule is CS(C)(=O)=NC(=O)C1(N)CCC1. The van der Waals surface area contributed by atoms with Crippen molar-refractivity contribution in [2.24, 2.45) is 10.1 Å². The minimum atomic E-state index is -2.34. The predicted molar refractivity (Wildman–Crippen MR) is 48.2 cm³/mol. The smallest absolute Gasteiger partial charge is 0.273 e. The highest BCUT2D eigenvalue weighted by atomic mass is 32.2. The van der Waals surface area contributed by atoms with Gasteiger partial charge in [0.05, 0.1) is 5.54 Å². The van der Waals surface area contributed by atoms with Crippen LogP contribution in [0.25, 0.3) is 0 Å². The number of nitrogens with zero attached hydrogens (tertiary/aromatic N) is 1. The summed E-state index contributed by atoms with van der Waals surface area (Å²) < 4.78 is 14.7. The fourth-order valence-electron chi connectivity index (χ4n) is 1.06. The van der Waals surface area contributed by atoms with Crippen LogP contribution in [-0.2, 0) is 14.5 Å². The average Bonchev–Trinajstić information content (AvgIpc) is 1.78. The van der Waals surface area contributed by atoms with Crippen LogP contribution >= 0.6 is 0 Å². The fraction of sp³-hybridized carbons (Fsp3) is 0.857. The third-order valence-electron chi connectivity index (χ3n) is 1.97. The second-order valence-corrected chi connectivity index (χ2v) is 6.13. The Balaban J connectivity index is 2.80. The van der Waals surface area contributed by atoms with Gasteiger partial charge in [0.2, 0.25) is 0 Å². The van der Waals surface area contributed by atoms with E-state index in [0.717, 1.165) is 6.42 Å². The van der Waals surface area contributed by atoms with Crippen molar-refractivity contribution in [1.82, 2.24) is 0 Å². The average molecular weight is 190 g/mol. The van der Waals surface area contributed by atoms with E-state index in [2.05, 4.69) is 4.36 Å². The van der Waals surface area contributed by atoms with Crippen LogP contribution in [0.3, 0.4) is 0 Å². The highest BCUT2D eigenvalue weighted by Crippen LogP contribution is 2.30. The molecule has 4 nitrogen and oxygen atoms in total. The quantitative estimate of drug-likeness (QED) is 0.638. The van der Waals surface area contributed by atoms with E-state index in [1.807, 2.05) is 0 Å². The summed E-state index contributed by atoms with van der Waals surface area (Å²) in [7, 11) is -2.34. The highest BCUT2D eigenvalue weighted by Gasteiger charge is 2.40. The molecule has 1 saturated carbocycles. The van der Waals surface area contributed by atoms with Crippen LogP contribution in [0.1, 0.15) is 19.3 Å². The van der Waals surface area contributed by atoms with E-state index in [-0.39, 0.29) is 0 Å². The van der Waals surface area contributed by atoms with Crippen molar-refractivity contribution in [3.05, 3.63) is 0 Å². The van der Waals surface area contributed by atoms with Gasteiger partial charge in [-0.3, -0.25) is 4.79 Å². The number of carbonyl (C=O) groups is 1. The lowest BCUT2D eigenvalue weighted by atomic mass is 9.77. The third kappa shape index (κ3) is 2.04. The molecule has 0 aromatic rings. The number of hydrogen-bond acceptors (Lipinski definition) is 3. The van der Waals surface area contributed by atoms with Crippen LogP contribution in [0.4, 0.5) is 0 Å². The minimum absolute atomic E-state index is 0.399. The van der Waals surface area contributed by atoms with Crippen molar-refractivity contribution in [3.8, 4) is 0 Å². The molecular formula is C7H14N2O2S. The summed E-state index contributed by atoms with van der Waals surface area (Å²) in [5.74, 6) is -0.399. The van der Waals surface area contributed by atoms with Crippen LogP contribution in [0, 0.1) is 0 Å². The summed E-state index contributed by atoms with van der Waals surface area (Å²) in [6.07, 6.45) is 5.18. The molecule has 1 aliphatic rings. The zero-order valence-corrected chi connectivity index (χ0v) is 8.19. The van der Waals surface area contributed by atoms with Crippen molar-refractivity contribution < 1.29 is 9.00 Å². The van der Waals surface area contributed by atoms with Gasteiger partial charge in [0.25, 0.3) is 5.91 Å². The predicted octanol–water partition coefficient (Wildman–Crippen LogP) is 0.122. The highest BCUT2D eigenvalue weighted by molar-refractivity contribution is 7.92. The monoisotopic (exact) mass is 190 g/mol. The molecule has 0 heterocycles. The van der Waals surface area contributed by atoms with Gasteiger partial charge in [0.15, 0.2) is 0 Å². The standard InChI is InChI=1S/C7H14N2O2S/c1-12(2,11)9-6(10)7(8)4-3-5-7/h3-5,8H2,1-2H3. The summed E-state index contributed by atoms with van der Waals surface area (Å²) in [4.78, 5) is 11.3. The third-order valence-corrected chi connectivity index (χ3v) is 2.58. The van der Waals surface area contributed by atoms with E-state index < -0.39 is 21.2 Å². The number of hydrogen-bond donors (Lipinski definition) is 1. The molecule has 0 bridgehead atoms. The molecule has 1 aliphatic carbocycles. The molecule has 70 valence electrons. The maximum Gasteiger partial charge on any atom is 0.273 e. The largest absolute Gasteiger partial charge is 0.317 e. The second kappa shape index (κ2) is 2.81. The van der Waals surface area contributed by atoms with Gasteiger partial charge in [-0.25, -0.2) is 4.21 Å². The Morgan fingerprint density at radius 2 is 2.00 bits per heavy atom. The van der Waals surface area contributed by atoms with Gasteiger partial charge in [-0.05, 0) is 19.3 Å². The number of nitrogens with two attached hydrogens (primary N) is 1. The van der Waals surface area contributed by atoms with E-state index in [0.29, 0.717) is 12.8 Å². The first-order chi connectivity index (χ1) is 5.33. The zero-order valence-electron chi connectivity index (χ0n) is 7.37. The van der Waals surface area contributed by atoms with Gasteiger partial charge in [-0.2, -0.15) is 4.36 Å². The van der Waals surface area contributed by atoms with E-state index in [9.17, 15) is 9.00 Å². The molecule has 1 amide bonds. The molecule has 0 atom stereocenters. The molecule has 0 spiro atoms. The molecular weight excluding hydrogens is 176 g/mol. The maximum absolute atomic E-state index is 11.3. The van der Waals surface area contributed by atoms with Crippen molar-refractivity contribution in [3.63, 3.8) is 0 Å². The van der Waals surface area contributed by atoms with Gasteiger partial charge in [0, 0.05) is 22.2 Å². The first kappa shape index (κ1) is 9.67. The lowest BCUT2D eigenvalue weighted by Crippen LogP contribution is -2.53. The Morgan fingerprint density at radius 1 is 1.50 bits per heavy atom. The molecule has 0 saturated heterocycles. The molecule has 0 radical (unpaired) electrons. The van der Waals surface area contributed by atoms with Gasteiger partial charge >= 0.3 is 0 Å². The van der Waals surface area contributed by atoms with E-state index >= 15 is 0 Å². The first-order valence-corrected chi connectivity index (χ1v) is 6.17. The van der Waals surface area contributed by atoms with E-state index in [1.165, 1.54) is 12.5 Å². The molecule has 0 aromatic carbocycles. The van der Waals surface area contributed by atoms with Crippen LogP contribution in [-0.4, -0.2) is 28.2 Å². The van der Waals surface area contributed by atoms with Crippen molar-refractivity contribution in [1.29, 1.82) is 0 Å². The fourth-order valence-corrected chi connectivity index (χ4v) is 1.64. The molecule has 5 heteroatoms. The van der Waals surface area contributed by atoms with E-state index in [4.69, 9.17) is 5.73 Å². The Bertz CT molecular complexity index is 303. The molecule has 2 N–H and O–H groups in total. The molecule has 1 fully saturated rings. The van der Waals surface area contributed by atoms with E-state index in [1.54, 1.807) is 0 Å². The first-order valence-electron chi connectivity index (χ1n) is 3.84. The Hall–Kier alpha value is -0.420. The van der Waals surface area contributed by atoms with Gasteiger partial charge in [-0.1, -0.05) is 0 Å². The van der Waals surface area contributed by atoms with Gasteiger partial charge in [0.1, 0.15) is 0 Å². The lowest BCUT2D eigenvalue weighted by molar-refractivity contribution is -0.125. The van der Waals surface area contributed by atoms with Crippen molar-refractivity contribution in [2.45, 2.75) is 24.8 Å². The molecule has 0 aliphatic heterocycles.